The number of methoxy groups -OCH3 is 1. The number of rotatable bonds is 8. The minimum atomic E-state index is -0.150. The van der Waals surface area contributed by atoms with Crippen molar-refractivity contribution in [2.75, 3.05) is 25.6 Å². The normalized spacial score (nSPS) is 10.2. The molecule has 0 atom stereocenters. The molecule has 0 unspecified atom stereocenters. The Hall–Kier alpha value is -2.53. The molecule has 122 valence electrons. The lowest BCUT2D eigenvalue weighted by Gasteiger charge is -2.14. The van der Waals surface area contributed by atoms with Crippen LogP contribution >= 0.6 is 0 Å². The monoisotopic (exact) mass is 315 g/mol. The van der Waals surface area contributed by atoms with E-state index in [1.807, 2.05) is 30.3 Å². The van der Waals surface area contributed by atoms with Crippen LogP contribution in [0, 0.1) is 0 Å². The van der Waals surface area contributed by atoms with Crippen molar-refractivity contribution >= 4 is 11.6 Å². The summed E-state index contributed by atoms with van der Waals surface area (Å²) in [6.45, 7) is 2.83. The minimum absolute atomic E-state index is 0.150. The molecule has 0 bridgehead atoms. The number of ether oxygens (including phenoxy) is 3. The highest BCUT2D eigenvalue weighted by Crippen LogP contribution is 2.30. The molecule has 0 heterocycles. The highest BCUT2D eigenvalue weighted by molar-refractivity contribution is 5.90. The smallest absolute Gasteiger partial charge is 0.221 e. The Morgan fingerprint density at radius 3 is 2.52 bits per heavy atom. The molecule has 0 aliphatic rings. The van der Waals surface area contributed by atoms with Crippen LogP contribution in [0.25, 0.3) is 0 Å². The van der Waals surface area contributed by atoms with Crippen molar-refractivity contribution in [3.63, 3.8) is 0 Å². The van der Waals surface area contributed by atoms with E-state index in [2.05, 4.69) is 5.32 Å². The van der Waals surface area contributed by atoms with E-state index in [0.717, 1.165) is 5.56 Å². The predicted molar refractivity (Wildman–Crippen MR) is 88.9 cm³/mol. The van der Waals surface area contributed by atoms with Gasteiger partial charge in [-0.2, -0.15) is 0 Å². The first-order chi connectivity index (χ1) is 11.2. The summed E-state index contributed by atoms with van der Waals surface area (Å²) in [5.74, 6) is 1.08. The maximum atomic E-state index is 11.3. The first-order valence-electron chi connectivity index (χ1n) is 7.39. The average molecular weight is 315 g/mol. The maximum Gasteiger partial charge on any atom is 0.221 e. The topological polar surface area (TPSA) is 56.8 Å². The lowest BCUT2D eigenvalue weighted by molar-refractivity contribution is -0.114. The number of carbonyl (C=O) groups is 1. The van der Waals surface area contributed by atoms with Gasteiger partial charge in [-0.15, -0.1) is 0 Å². The summed E-state index contributed by atoms with van der Waals surface area (Å²) in [5.41, 5.74) is 1.67. The molecular formula is C18H21NO4. The van der Waals surface area contributed by atoms with Crippen LogP contribution in [0.1, 0.15) is 12.5 Å². The first kappa shape index (κ1) is 16.8. The van der Waals surface area contributed by atoms with Crippen LogP contribution in [0.15, 0.2) is 48.5 Å². The fourth-order valence-corrected chi connectivity index (χ4v) is 1.98. The molecule has 0 aromatic heterocycles. The number of amides is 1. The minimum Gasteiger partial charge on any atom is -0.491 e. The van der Waals surface area contributed by atoms with Crippen LogP contribution in [-0.2, 0) is 16.1 Å². The first-order valence-corrected chi connectivity index (χ1v) is 7.39. The Kier molecular flexibility index (Phi) is 6.44. The van der Waals surface area contributed by atoms with Gasteiger partial charge in [0.2, 0.25) is 5.91 Å². The Labute approximate surface area is 136 Å². The zero-order chi connectivity index (χ0) is 16.5. The number of anilines is 1. The Morgan fingerprint density at radius 2 is 1.83 bits per heavy atom. The second-order valence-electron chi connectivity index (χ2n) is 4.95. The van der Waals surface area contributed by atoms with Gasteiger partial charge in [0.05, 0.1) is 12.3 Å². The Bertz CT molecular complexity index is 628. The molecule has 0 aliphatic carbocycles. The molecule has 2 aromatic rings. The van der Waals surface area contributed by atoms with Crippen LogP contribution in [0.4, 0.5) is 5.69 Å². The molecule has 1 amide bonds. The van der Waals surface area contributed by atoms with Crippen LogP contribution < -0.4 is 14.8 Å². The molecule has 5 nitrogen and oxygen atoms in total. The van der Waals surface area contributed by atoms with E-state index >= 15 is 0 Å². The van der Waals surface area contributed by atoms with Gasteiger partial charge in [-0.3, -0.25) is 4.79 Å². The van der Waals surface area contributed by atoms with Gasteiger partial charge in [0, 0.05) is 20.1 Å². The molecule has 0 aliphatic heterocycles. The molecule has 5 heteroatoms. The zero-order valence-corrected chi connectivity index (χ0v) is 13.4. The molecule has 1 N–H and O–H groups in total. The summed E-state index contributed by atoms with van der Waals surface area (Å²) < 4.78 is 16.4. The van der Waals surface area contributed by atoms with Crippen molar-refractivity contribution in [1.29, 1.82) is 0 Å². The van der Waals surface area contributed by atoms with Crippen molar-refractivity contribution in [2.24, 2.45) is 0 Å². The molecule has 0 saturated heterocycles. The fraction of sp³-hybridized carbons (Fsp3) is 0.278. The van der Waals surface area contributed by atoms with Crippen molar-refractivity contribution in [3.8, 4) is 11.5 Å². The maximum absolute atomic E-state index is 11.3. The fourth-order valence-electron chi connectivity index (χ4n) is 1.98. The number of carbonyl (C=O) groups excluding carboxylic acids is 1. The van der Waals surface area contributed by atoms with E-state index in [-0.39, 0.29) is 5.91 Å². The third-order valence-electron chi connectivity index (χ3n) is 3.06. The zero-order valence-electron chi connectivity index (χ0n) is 13.4. The highest BCUT2D eigenvalue weighted by atomic mass is 16.5. The molecule has 0 radical (unpaired) electrons. The molecule has 0 fully saturated rings. The van der Waals surface area contributed by atoms with Crippen molar-refractivity contribution in [1.82, 2.24) is 0 Å². The lowest BCUT2D eigenvalue weighted by atomic mass is 10.2. The Morgan fingerprint density at radius 1 is 1.04 bits per heavy atom. The van der Waals surface area contributed by atoms with E-state index in [0.29, 0.717) is 37.0 Å². The van der Waals surface area contributed by atoms with Gasteiger partial charge in [-0.25, -0.2) is 0 Å². The van der Waals surface area contributed by atoms with Crippen molar-refractivity contribution < 1.29 is 19.0 Å². The van der Waals surface area contributed by atoms with Crippen LogP contribution in [-0.4, -0.2) is 26.2 Å². The molecular weight excluding hydrogens is 294 g/mol. The van der Waals surface area contributed by atoms with Gasteiger partial charge in [-0.05, 0) is 17.7 Å². The summed E-state index contributed by atoms with van der Waals surface area (Å²) in [6.07, 6.45) is 0. The number of benzene rings is 2. The van der Waals surface area contributed by atoms with E-state index in [9.17, 15) is 4.79 Å². The average Bonchev–Trinajstić information content (AvgIpc) is 2.55. The van der Waals surface area contributed by atoms with Crippen molar-refractivity contribution in [3.05, 3.63) is 54.1 Å². The Balaban J connectivity index is 2.11. The second kappa shape index (κ2) is 8.80. The second-order valence-corrected chi connectivity index (χ2v) is 4.95. The summed E-state index contributed by atoms with van der Waals surface area (Å²) in [7, 11) is 1.62. The summed E-state index contributed by atoms with van der Waals surface area (Å²) >= 11 is 0. The van der Waals surface area contributed by atoms with Crippen LogP contribution in [0.2, 0.25) is 0 Å². The van der Waals surface area contributed by atoms with Crippen LogP contribution in [0.5, 0.6) is 11.5 Å². The largest absolute Gasteiger partial charge is 0.491 e. The number of hydrogen-bond acceptors (Lipinski definition) is 4. The van der Waals surface area contributed by atoms with E-state index < -0.39 is 0 Å². The quantitative estimate of drug-likeness (QED) is 0.760. The molecule has 2 rings (SSSR count). The molecule has 0 saturated carbocycles. The van der Waals surface area contributed by atoms with E-state index in [4.69, 9.17) is 14.2 Å². The predicted octanol–water partition coefficient (Wildman–Crippen LogP) is 3.25. The van der Waals surface area contributed by atoms with Gasteiger partial charge in [0.1, 0.15) is 24.7 Å². The van der Waals surface area contributed by atoms with E-state index in [1.54, 1.807) is 25.3 Å². The highest BCUT2D eigenvalue weighted by Gasteiger charge is 2.08. The summed E-state index contributed by atoms with van der Waals surface area (Å²) in [5, 5.41) is 2.76. The third kappa shape index (κ3) is 5.64. The van der Waals surface area contributed by atoms with Gasteiger partial charge in [0.15, 0.2) is 0 Å². The van der Waals surface area contributed by atoms with Gasteiger partial charge in [0.25, 0.3) is 0 Å². The molecule has 2 aromatic carbocycles. The lowest BCUT2D eigenvalue weighted by Crippen LogP contribution is -2.09. The SMILES string of the molecule is COCCOc1ccc(NC(C)=O)c(OCc2ccccc2)c1. The van der Waals surface area contributed by atoms with Gasteiger partial charge in [-0.1, -0.05) is 30.3 Å². The standard InChI is InChI=1S/C18H21NO4/c1-14(20)19-17-9-8-16(22-11-10-21-2)12-18(17)23-13-15-6-4-3-5-7-15/h3-9,12H,10-11,13H2,1-2H3,(H,19,20). The summed E-state index contributed by atoms with van der Waals surface area (Å²) in [4.78, 5) is 11.3. The summed E-state index contributed by atoms with van der Waals surface area (Å²) in [6, 6.07) is 15.2. The number of nitrogens with one attached hydrogen (secondary N) is 1. The van der Waals surface area contributed by atoms with Crippen LogP contribution in [0.3, 0.4) is 0 Å². The number of hydrogen-bond donors (Lipinski definition) is 1. The van der Waals surface area contributed by atoms with E-state index in [1.165, 1.54) is 6.92 Å². The van der Waals surface area contributed by atoms with Gasteiger partial charge >= 0.3 is 0 Å². The van der Waals surface area contributed by atoms with Gasteiger partial charge < -0.3 is 19.5 Å². The molecule has 23 heavy (non-hydrogen) atoms. The molecule has 0 spiro atoms. The third-order valence-corrected chi connectivity index (χ3v) is 3.06. The van der Waals surface area contributed by atoms with Crippen molar-refractivity contribution in [2.45, 2.75) is 13.5 Å².